The Bertz CT molecular complexity index is 114. The van der Waals surface area contributed by atoms with Crippen molar-refractivity contribution in [2.45, 2.75) is 6.42 Å². The summed E-state index contributed by atoms with van der Waals surface area (Å²) >= 11 is 0. The maximum absolute atomic E-state index is 5.23. The van der Waals surface area contributed by atoms with Crippen molar-refractivity contribution in [3.63, 3.8) is 0 Å². The highest BCUT2D eigenvalue weighted by molar-refractivity contribution is 5.71. The lowest BCUT2D eigenvalue weighted by molar-refractivity contribution is 1.01. The highest BCUT2D eigenvalue weighted by Gasteiger charge is 1.67. The van der Waals surface area contributed by atoms with Crippen LogP contribution in [0, 0.1) is 0 Å². The molecule has 0 fully saturated rings. The molecule has 0 aromatic rings. The first-order chi connectivity index (χ1) is 4.41. The molecule has 0 atom stereocenters. The monoisotopic (exact) mass is 124 g/mol. The maximum Gasteiger partial charge on any atom is 0.0264 e. The van der Waals surface area contributed by atoms with Crippen LogP contribution in [0.25, 0.3) is 0 Å². The van der Waals surface area contributed by atoms with Gasteiger partial charge in [0.2, 0.25) is 0 Å². The highest BCUT2D eigenvalue weighted by Crippen LogP contribution is 1.75. The van der Waals surface area contributed by atoms with Gasteiger partial charge in [0.05, 0.1) is 0 Å². The van der Waals surface area contributed by atoms with E-state index in [2.05, 4.69) is 11.6 Å². The van der Waals surface area contributed by atoms with Crippen LogP contribution in [-0.4, -0.2) is 12.8 Å². The number of nitrogens with two attached hydrogens (primary N) is 1. The second-order valence-corrected chi connectivity index (χ2v) is 1.49. The molecule has 0 rings (SSSR count). The van der Waals surface area contributed by atoms with Gasteiger partial charge < -0.3 is 5.73 Å². The number of rotatable bonds is 4. The predicted octanol–water partition coefficient (Wildman–Crippen LogP) is 1.11. The van der Waals surface area contributed by atoms with Crippen LogP contribution >= 0.6 is 0 Å². The van der Waals surface area contributed by atoms with Gasteiger partial charge in [-0.15, -0.1) is 0 Å². The van der Waals surface area contributed by atoms with Gasteiger partial charge in [0, 0.05) is 12.4 Å². The van der Waals surface area contributed by atoms with E-state index in [0.717, 1.165) is 6.42 Å². The second-order valence-electron chi connectivity index (χ2n) is 1.49. The van der Waals surface area contributed by atoms with Gasteiger partial charge >= 0.3 is 0 Å². The zero-order valence-corrected chi connectivity index (χ0v) is 5.46. The lowest BCUT2D eigenvalue weighted by atomic mass is 10.4. The quantitative estimate of drug-likeness (QED) is 0.560. The molecular formula is C7H12N2. The molecule has 9 heavy (non-hydrogen) atoms. The van der Waals surface area contributed by atoms with Crippen molar-refractivity contribution < 1.29 is 0 Å². The first-order valence-electron chi connectivity index (χ1n) is 2.91. The molecule has 50 valence electrons. The summed E-state index contributed by atoms with van der Waals surface area (Å²) in [4.78, 5) is 3.75. The van der Waals surface area contributed by atoms with Crippen molar-refractivity contribution in [2.75, 3.05) is 6.54 Å². The average Bonchev–Trinajstić information content (AvgIpc) is 1.89. The zero-order valence-electron chi connectivity index (χ0n) is 5.46. The first kappa shape index (κ1) is 8.11. The summed E-state index contributed by atoms with van der Waals surface area (Å²) in [5, 5.41) is 0. The largest absolute Gasteiger partial charge is 0.330 e. The summed E-state index contributed by atoms with van der Waals surface area (Å²) in [5.41, 5.74) is 5.23. The van der Waals surface area contributed by atoms with E-state index in [1.165, 1.54) is 6.20 Å². The topological polar surface area (TPSA) is 38.4 Å². The average molecular weight is 124 g/mol. The lowest BCUT2D eigenvalue weighted by Gasteiger charge is -1.79. The Balaban J connectivity index is 3.23. The fraction of sp³-hybridized carbons (Fsp3) is 0.286. The van der Waals surface area contributed by atoms with Crippen molar-refractivity contribution in [2.24, 2.45) is 10.7 Å². The minimum atomic E-state index is 0.693. The van der Waals surface area contributed by atoms with Gasteiger partial charge in [-0.2, -0.15) is 0 Å². The normalized spacial score (nSPS) is 11.2. The van der Waals surface area contributed by atoms with Crippen molar-refractivity contribution in [1.82, 2.24) is 0 Å². The molecule has 0 saturated heterocycles. The number of aliphatic imine (C=N–C) groups is 1. The standard InChI is InChI=1S/C7H12N2/c1-2-9-7-5-3-4-6-8/h2-3,5,7H,1,4,6,8H2/b5-3-,9-7?. The van der Waals surface area contributed by atoms with Gasteiger partial charge in [0.1, 0.15) is 0 Å². The number of hydrogen-bond donors (Lipinski definition) is 1. The van der Waals surface area contributed by atoms with E-state index >= 15 is 0 Å². The van der Waals surface area contributed by atoms with Gasteiger partial charge in [0.15, 0.2) is 0 Å². The van der Waals surface area contributed by atoms with E-state index in [4.69, 9.17) is 5.73 Å². The van der Waals surface area contributed by atoms with E-state index in [0.29, 0.717) is 6.54 Å². The molecule has 0 heterocycles. The fourth-order valence-electron chi connectivity index (χ4n) is 0.364. The first-order valence-corrected chi connectivity index (χ1v) is 2.91. The van der Waals surface area contributed by atoms with Gasteiger partial charge in [-0.3, -0.25) is 4.99 Å². The van der Waals surface area contributed by atoms with Crippen molar-refractivity contribution in [3.8, 4) is 0 Å². The third-order valence-corrected chi connectivity index (χ3v) is 0.747. The molecule has 0 spiro atoms. The Morgan fingerprint density at radius 3 is 2.89 bits per heavy atom. The molecule has 0 unspecified atom stereocenters. The lowest BCUT2D eigenvalue weighted by Crippen LogP contribution is -1.94. The van der Waals surface area contributed by atoms with Gasteiger partial charge in [0.25, 0.3) is 0 Å². The third-order valence-electron chi connectivity index (χ3n) is 0.747. The molecule has 0 aliphatic carbocycles. The van der Waals surface area contributed by atoms with E-state index in [9.17, 15) is 0 Å². The molecular weight excluding hydrogens is 112 g/mol. The maximum atomic E-state index is 5.23. The zero-order chi connectivity index (χ0) is 6.95. The van der Waals surface area contributed by atoms with Crippen molar-refractivity contribution in [3.05, 3.63) is 24.9 Å². The van der Waals surface area contributed by atoms with Crippen LogP contribution < -0.4 is 5.73 Å². The molecule has 0 aliphatic rings. The van der Waals surface area contributed by atoms with Crippen LogP contribution in [0.2, 0.25) is 0 Å². The van der Waals surface area contributed by atoms with Crippen LogP contribution in [0.3, 0.4) is 0 Å². The highest BCUT2D eigenvalue weighted by atomic mass is 14.6. The van der Waals surface area contributed by atoms with Crippen LogP contribution in [-0.2, 0) is 0 Å². The molecule has 0 saturated carbocycles. The summed E-state index contributed by atoms with van der Waals surface area (Å²) in [6, 6.07) is 0. The molecule has 0 amide bonds. The van der Waals surface area contributed by atoms with Crippen LogP contribution in [0.15, 0.2) is 29.9 Å². The number of hydrogen-bond acceptors (Lipinski definition) is 2. The summed E-state index contributed by atoms with van der Waals surface area (Å²) < 4.78 is 0. The molecule has 0 aromatic carbocycles. The van der Waals surface area contributed by atoms with Gasteiger partial charge in [-0.25, -0.2) is 0 Å². The molecule has 2 heteroatoms. The fourth-order valence-corrected chi connectivity index (χ4v) is 0.364. The van der Waals surface area contributed by atoms with Crippen LogP contribution in [0.5, 0.6) is 0 Å². The summed E-state index contributed by atoms with van der Waals surface area (Å²) in [6.45, 7) is 4.11. The molecule has 0 aliphatic heterocycles. The van der Waals surface area contributed by atoms with Crippen LogP contribution in [0.1, 0.15) is 6.42 Å². The van der Waals surface area contributed by atoms with E-state index in [-0.39, 0.29) is 0 Å². The Morgan fingerprint density at radius 1 is 1.56 bits per heavy atom. The molecule has 2 N–H and O–H groups in total. The summed E-state index contributed by atoms with van der Waals surface area (Å²) in [6.07, 6.45) is 7.90. The Labute approximate surface area is 55.8 Å². The van der Waals surface area contributed by atoms with E-state index in [1.807, 2.05) is 12.2 Å². The minimum absolute atomic E-state index is 0.693. The SMILES string of the molecule is C=CN=C/C=C\CCN. The van der Waals surface area contributed by atoms with E-state index in [1.54, 1.807) is 6.21 Å². The van der Waals surface area contributed by atoms with Gasteiger partial charge in [-0.1, -0.05) is 12.7 Å². The van der Waals surface area contributed by atoms with Crippen molar-refractivity contribution >= 4 is 6.21 Å². The summed E-state index contributed by atoms with van der Waals surface area (Å²) in [5.74, 6) is 0. The van der Waals surface area contributed by atoms with Crippen LogP contribution in [0.4, 0.5) is 0 Å². The molecule has 2 nitrogen and oxygen atoms in total. The number of nitrogens with zero attached hydrogens (tertiary/aromatic N) is 1. The third kappa shape index (κ3) is 7.11. The predicted molar refractivity (Wildman–Crippen MR) is 41.5 cm³/mol. The second kappa shape index (κ2) is 7.11. The Morgan fingerprint density at radius 2 is 2.33 bits per heavy atom. The molecule has 0 bridgehead atoms. The Kier molecular flexibility index (Phi) is 6.41. The molecule has 0 aromatic heterocycles. The number of allylic oxidation sites excluding steroid dienone is 1. The van der Waals surface area contributed by atoms with E-state index < -0.39 is 0 Å². The Hall–Kier alpha value is -0.890. The minimum Gasteiger partial charge on any atom is -0.330 e. The smallest absolute Gasteiger partial charge is 0.0264 e. The van der Waals surface area contributed by atoms with Gasteiger partial charge in [-0.05, 0) is 19.0 Å². The summed E-state index contributed by atoms with van der Waals surface area (Å²) in [7, 11) is 0. The molecule has 0 radical (unpaired) electrons. The van der Waals surface area contributed by atoms with Crippen molar-refractivity contribution in [1.29, 1.82) is 0 Å².